The Hall–Kier alpha value is -0.870. The number of anilines is 1. The molecule has 2 heterocycles. The fraction of sp³-hybridized carbons (Fsp3) is 0.667. The maximum Gasteiger partial charge on any atom is 0.224 e. The third kappa shape index (κ3) is 2.38. The first-order valence-electron chi connectivity index (χ1n) is 6.33. The summed E-state index contributed by atoms with van der Waals surface area (Å²) < 4.78 is 0. The molecular formula is C12H17ClN4. The highest BCUT2D eigenvalue weighted by molar-refractivity contribution is 6.28. The van der Waals surface area contributed by atoms with Gasteiger partial charge in [-0.1, -0.05) is 6.42 Å². The molecule has 92 valence electrons. The van der Waals surface area contributed by atoms with Crippen LogP contribution in [0.5, 0.6) is 0 Å². The Morgan fingerprint density at radius 1 is 1.35 bits per heavy atom. The summed E-state index contributed by atoms with van der Waals surface area (Å²) in [6, 6.07) is 0. The molecule has 1 aromatic heterocycles. The first kappa shape index (κ1) is 11.2. The lowest BCUT2D eigenvalue weighted by Gasteiger charge is -2.27. The molecule has 0 radical (unpaired) electrons. The molecule has 17 heavy (non-hydrogen) atoms. The maximum absolute atomic E-state index is 5.95. The summed E-state index contributed by atoms with van der Waals surface area (Å²) in [7, 11) is 0. The molecule has 3 rings (SSSR count). The average Bonchev–Trinajstić information content (AvgIpc) is 2.26. The van der Waals surface area contributed by atoms with Crippen molar-refractivity contribution >= 4 is 17.4 Å². The van der Waals surface area contributed by atoms with Gasteiger partial charge in [0.25, 0.3) is 0 Å². The molecule has 4 nitrogen and oxygen atoms in total. The molecule has 0 amide bonds. The molecule has 0 atom stereocenters. The highest BCUT2D eigenvalue weighted by atomic mass is 35.5. The van der Waals surface area contributed by atoms with Gasteiger partial charge in [-0.05, 0) is 43.3 Å². The normalized spacial score (nSPS) is 19.6. The van der Waals surface area contributed by atoms with Gasteiger partial charge in [0.05, 0.1) is 5.69 Å². The van der Waals surface area contributed by atoms with Crippen LogP contribution in [0.4, 0.5) is 5.82 Å². The minimum Gasteiger partial charge on any atom is -0.369 e. The Kier molecular flexibility index (Phi) is 3.16. The predicted octanol–water partition coefficient (Wildman–Crippen LogP) is 1.99. The lowest BCUT2D eigenvalue weighted by atomic mass is 9.85. The molecule has 1 aliphatic carbocycles. The van der Waals surface area contributed by atoms with Crippen LogP contribution in [-0.2, 0) is 13.0 Å². The minimum absolute atomic E-state index is 0.351. The fourth-order valence-electron chi connectivity index (χ4n) is 2.41. The highest BCUT2D eigenvalue weighted by Crippen LogP contribution is 2.28. The zero-order valence-corrected chi connectivity index (χ0v) is 10.6. The molecule has 0 bridgehead atoms. The number of hydrogen-bond acceptors (Lipinski definition) is 4. The van der Waals surface area contributed by atoms with E-state index in [1.165, 1.54) is 24.8 Å². The average molecular weight is 253 g/mol. The van der Waals surface area contributed by atoms with E-state index in [9.17, 15) is 0 Å². The summed E-state index contributed by atoms with van der Waals surface area (Å²) >= 11 is 5.95. The van der Waals surface area contributed by atoms with Crippen LogP contribution in [0, 0.1) is 5.92 Å². The van der Waals surface area contributed by atoms with Crippen molar-refractivity contribution in [1.29, 1.82) is 0 Å². The van der Waals surface area contributed by atoms with Crippen LogP contribution >= 0.6 is 11.6 Å². The Morgan fingerprint density at radius 2 is 2.24 bits per heavy atom. The van der Waals surface area contributed by atoms with E-state index in [-0.39, 0.29) is 0 Å². The van der Waals surface area contributed by atoms with Crippen molar-refractivity contribution in [3.8, 4) is 0 Å². The van der Waals surface area contributed by atoms with Gasteiger partial charge in [-0.2, -0.15) is 0 Å². The Morgan fingerprint density at radius 3 is 3.00 bits per heavy atom. The molecule has 1 aromatic rings. The summed E-state index contributed by atoms with van der Waals surface area (Å²) in [5, 5.41) is 7.11. The molecule has 0 spiro atoms. The van der Waals surface area contributed by atoms with Crippen LogP contribution in [-0.4, -0.2) is 23.1 Å². The third-order valence-electron chi connectivity index (χ3n) is 3.69. The van der Waals surface area contributed by atoms with Crippen LogP contribution in [0.1, 0.15) is 30.5 Å². The van der Waals surface area contributed by atoms with Gasteiger partial charge in [0, 0.05) is 18.7 Å². The lowest BCUT2D eigenvalue weighted by molar-refractivity contribution is 0.333. The molecule has 2 aliphatic rings. The molecule has 1 saturated carbocycles. The van der Waals surface area contributed by atoms with Crippen LogP contribution in [0.15, 0.2) is 0 Å². The number of fused-ring (bicyclic) bond motifs is 1. The molecule has 0 unspecified atom stereocenters. The Bertz CT molecular complexity index is 417. The van der Waals surface area contributed by atoms with Crippen LogP contribution in [0.25, 0.3) is 0 Å². The van der Waals surface area contributed by atoms with Crippen molar-refractivity contribution in [2.45, 2.75) is 32.2 Å². The smallest absolute Gasteiger partial charge is 0.224 e. The molecule has 5 heteroatoms. The van der Waals surface area contributed by atoms with Gasteiger partial charge in [-0.15, -0.1) is 0 Å². The summed E-state index contributed by atoms with van der Waals surface area (Å²) in [6.07, 6.45) is 5.05. The summed E-state index contributed by atoms with van der Waals surface area (Å²) in [5.41, 5.74) is 2.29. The van der Waals surface area contributed by atoms with Crippen molar-refractivity contribution in [2.75, 3.05) is 18.4 Å². The number of hydrogen-bond donors (Lipinski definition) is 2. The highest BCUT2D eigenvalue weighted by Gasteiger charge is 2.20. The summed E-state index contributed by atoms with van der Waals surface area (Å²) in [5.74, 6) is 1.77. The largest absolute Gasteiger partial charge is 0.369 e. The fourth-order valence-corrected chi connectivity index (χ4v) is 2.60. The first-order valence-corrected chi connectivity index (χ1v) is 6.70. The van der Waals surface area contributed by atoms with Crippen molar-refractivity contribution in [3.05, 3.63) is 16.5 Å². The first-order chi connectivity index (χ1) is 8.33. The van der Waals surface area contributed by atoms with Gasteiger partial charge < -0.3 is 10.6 Å². The van der Waals surface area contributed by atoms with Crippen molar-refractivity contribution in [3.63, 3.8) is 0 Å². The van der Waals surface area contributed by atoms with Crippen LogP contribution in [0.2, 0.25) is 5.28 Å². The van der Waals surface area contributed by atoms with E-state index in [1.54, 1.807) is 0 Å². The van der Waals surface area contributed by atoms with Gasteiger partial charge >= 0.3 is 0 Å². The van der Waals surface area contributed by atoms with Crippen LogP contribution in [0.3, 0.4) is 0 Å². The number of nitrogens with one attached hydrogen (secondary N) is 2. The SMILES string of the molecule is Clc1nc2c(c(NCC3CCC3)n1)CCNC2. The van der Waals surface area contributed by atoms with E-state index in [0.717, 1.165) is 43.5 Å². The van der Waals surface area contributed by atoms with Gasteiger partial charge in [-0.3, -0.25) is 0 Å². The van der Waals surface area contributed by atoms with Crippen molar-refractivity contribution < 1.29 is 0 Å². The number of aromatic nitrogens is 2. The number of nitrogens with zero attached hydrogens (tertiary/aromatic N) is 2. The molecule has 2 N–H and O–H groups in total. The third-order valence-corrected chi connectivity index (χ3v) is 3.86. The zero-order chi connectivity index (χ0) is 11.7. The maximum atomic E-state index is 5.95. The van der Waals surface area contributed by atoms with Crippen molar-refractivity contribution in [1.82, 2.24) is 15.3 Å². The van der Waals surface area contributed by atoms with Gasteiger partial charge in [-0.25, -0.2) is 9.97 Å². The van der Waals surface area contributed by atoms with Gasteiger partial charge in [0.15, 0.2) is 0 Å². The molecular weight excluding hydrogens is 236 g/mol. The predicted molar refractivity (Wildman–Crippen MR) is 68.3 cm³/mol. The number of halogens is 1. The van der Waals surface area contributed by atoms with E-state index >= 15 is 0 Å². The van der Waals surface area contributed by atoms with Crippen LogP contribution < -0.4 is 10.6 Å². The van der Waals surface area contributed by atoms with E-state index in [1.807, 2.05) is 0 Å². The van der Waals surface area contributed by atoms with Gasteiger partial charge in [0.1, 0.15) is 5.82 Å². The van der Waals surface area contributed by atoms with Gasteiger partial charge in [0.2, 0.25) is 5.28 Å². The standard InChI is InChI=1S/C12H17ClN4/c13-12-16-10-7-14-5-4-9(10)11(17-12)15-6-8-2-1-3-8/h8,14H,1-7H2,(H,15,16,17). The monoisotopic (exact) mass is 252 g/mol. The molecule has 0 aromatic carbocycles. The Labute approximate surface area is 106 Å². The molecule has 1 aliphatic heterocycles. The summed E-state index contributed by atoms with van der Waals surface area (Å²) in [6.45, 7) is 2.82. The second-order valence-electron chi connectivity index (χ2n) is 4.87. The zero-order valence-electron chi connectivity index (χ0n) is 9.80. The second kappa shape index (κ2) is 4.78. The number of rotatable bonds is 3. The quantitative estimate of drug-likeness (QED) is 0.808. The Balaban J connectivity index is 1.78. The van der Waals surface area contributed by atoms with E-state index in [4.69, 9.17) is 11.6 Å². The lowest BCUT2D eigenvalue weighted by Crippen LogP contribution is -2.28. The van der Waals surface area contributed by atoms with E-state index in [0.29, 0.717) is 5.28 Å². The molecule has 1 fully saturated rings. The second-order valence-corrected chi connectivity index (χ2v) is 5.21. The molecule has 0 saturated heterocycles. The minimum atomic E-state index is 0.351. The van der Waals surface area contributed by atoms with Crippen molar-refractivity contribution in [2.24, 2.45) is 5.92 Å². The van der Waals surface area contributed by atoms with E-state index < -0.39 is 0 Å². The topological polar surface area (TPSA) is 49.8 Å². The van der Waals surface area contributed by atoms with E-state index in [2.05, 4.69) is 20.6 Å². The summed E-state index contributed by atoms with van der Waals surface area (Å²) in [4.78, 5) is 8.62.